The molecule has 0 radical (unpaired) electrons. The van der Waals surface area contributed by atoms with Crippen LogP contribution in [0.25, 0.3) is 0 Å². The largest absolute Gasteiger partial charge is 0.357 e. The summed E-state index contributed by atoms with van der Waals surface area (Å²) in [4.78, 5) is 0. The Morgan fingerprint density at radius 2 is 1.79 bits per heavy atom. The molecule has 0 heterocycles. The number of hydrogen-bond donors (Lipinski definition) is 0. The fourth-order valence-electron chi connectivity index (χ4n) is 1.54. The van der Waals surface area contributed by atoms with Crippen molar-refractivity contribution in [3.05, 3.63) is 35.9 Å². The van der Waals surface area contributed by atoms with Crippen LogP contribution >= 0.6 is 11.6 Å². The molecule has 0 aliphatic rings. The van der Waals surface area contributed by atoms with Gasteiger partial charge in [-0.15, -0.1) is 0 Å². The van der Waals surface area contributed by atoms with Crippen molar-refractivity contribution in [3.8, 4) is 0 Å². The van der Waals surface area contributed by atoms with Crippen LogP contribution < -0.4 is 0 Å². The van der Waals surface area contributed by atoms with Crippen LogP contribution in [-0.2, 0) is 4.74 Å². The highest BCUT2D eigenvalue weighted by molar-refractivity contribution is 6.17. The van der Waals surface area contributed by atoms with Crippen LogP contribution in [0.4, 0.5) is 0 Å². The molecule has 0 aliphatic carbocycles. The van der Waals surface area contributed by atoms with Crippen molar-refractivity contribution < 1.29 is 4.74 Å². The van der Waals surface area contributed by atoms with Crippen molar-refractivity contribution in [2.45, 2.75) is 26.9 Å². The highest BCUT2D eigenvalue weighted by Crippen LogP contribution is 2.35. The van der Waals surface area contributed by atoms with Gasteiger partial charge in [0.25, 0.3) is 0 Å². The molecule has 1 aromatic carbocycles. The molecule has 0 saturated carbocycles. The Balaban J connectivity index is 2.89. The van der Waals surface area contributed by atoms with Gasteiger partial charge in [-0.05, 0) is 11.0 Å². The Hall–Kier alpha value is -0.530. The van der Waals surface area contributed by atoms with E-state index in [9.17, 15) is 0 Å². The van der Waals surface area contributed by atoms with Crippen molar-refractivity contribution in [3.63, 3.8) is 0 Å². The third-order valence-corrected chi connectivity index (χ3v) is 2.24. The lowest BCUT2D eigenvalue weighted by Gasteiger charge is -2.30. The molecule has 0 aliphatic heterocycles. The van der Waals surface area contributed by atoms with Crippen LogP contribution in [0.15, 0.2) is 30.3 Å². The molecule has 0 N–H and O–H groups in total. The number of benzene rings is 1. The summed E-state index contributed by atoms with van der Waals surface area (Å²) in [6.07, 6.45) is 0.0567. The van der Waals surface area contributed by atoms with Gasteiger partial charge in [0, 0.05) is 0 Å². The predicted octanol–water partition coefficient (Wildman–Crippen LogP) is 3.99. The average molecular weight is 213 g/mol. The second-order valence-corrected chi connectivity index (χ2v) is 4.65. The summed E-state index contributed by atoms with van der Waals surface area (Å²) in [7, 11) is 0. The zero-order valence-corrected chi connectivity index (χ0v) is 9.71. The zero-order valence-electron chi connectivity index (χ0n) is 8.96. The third-order valence-electron chi connectivity index (χ3n) is 2.12. The first-order valence-corrected chi connectivity index (χ1v) is 5.31. The van der Waals surface area contributed by atoms with Gasteiger partial charge >= 0.3 is 0 Å². The van der Waals surface area contributed by atoms with E-state index in [0.717, 1.165) is 0 Å². The Morgan fingerprint density at radius 1 is 1.21 bits per heavy atom. The van der Waals surface area contributed by atoms with E-state index in [2.05, 4.69) is 32.9 Å². The summed E-state index contributed by atoms with van der Waals surface area (Å²) in [5.41, 5.74) is 1.25. The van der Waals surface area contributed by atoms with Crippen molar-refractivity contribution in [1.82, 2.24) is 0 Å². The van der Waals surface area contributed by atoms with Crippen LogP contribution in [0, 0.1) is 5.41 Å². The summed E-state index contributed by atoms with van der Waals surface area (Å²) in [5.74, 6) is 0. The summed E-state index contributed by atoms with van der Waals surface area (Å²) < 4.78 is 5.56. The Morgan fingerprint density at radius 3 is 2.21 bits per heavy atom. The smallest absolute Gasteiger partial charge is 0.121 e. The molecule has 1 rings (SSSR count). The molecule has 1 nitrogen and oxygen atoms in total. The van der Waals surface area contributed by atoms with E-state index in [1.165, 1.54) is 5.56 Å². The zero-order chi connectivity index (χ0) is 10.6. The predicted molar refractivity (Wildman–Crippen MR) is 60.4 cm³/mol. The van der Waals surface area contributed by atoms with Crippen LogP contribution in [0.5, 0.6) is 0 Å². The molecular weight excluding hydrogens is 196 g/mol. The Bertz CT molecular complexity index is 263. The van der Waals surface area contributed by atoms with Crippen molar-refractivity contribution in [1.29, 1.82) is 0 Å². The molecule has 0 saturated heterocycles. The summed E-state index contributed by atoms with van der Waals surface area (Å²) >= 11 is 5.63. The maximum absolute atomic E-state index is 5.63. The van der Waals surface area contributed by atoms with Crippen LogP contribution in [0.1, 0.15) is 32.4 Å². The summed E-state index contributed by atoms with van der Waals surface area (Å²) in [6.45, 7) is 6.45. The van der Waals surface area contributed by atoms with Crippen molar-refractivity contribution in [2.24, 2.45) is 5.41 Å². The first kappa shape index (κ1) is 11.5. The number of rotatable bonds is 3. The van der Waals surface area contributed by atoms with E-state index in [4.69, 9.17) is 16.3 Å². The second-order valence-electron chi connectivity index (χ2n) is 4.43. The van der Waals surface area contributed by atoms with Crippen molar-refractivity contribution >= 4 is 11.6 Å². The average Bonchev–Trinajstić information content (AvgIpc) is 2.14. The standard InChI is InChI=1S/C12H17ClO/c1-12(2,3)11(14-9-13)10-7-5-4-6-8-10/h4-8,11H,9H2,1-3H3. The molecule has 0 bridgehead atoms. The highest BCUT2D eigenvalue weighted by Gasteiger charge is 2.26. The molecule has 78 valence electrons. The molecule has 0 aromatic heterocycles. The van der Waals surface area contributed by atoms with Crippen LogP contribution in [0.2, 0.25) is 0 Å². The minimum Gasteiger partial charge on any atom is -0.357 e. The van der Waals surface area contributed by atoms with Crippen molar-refractivity contribution in [2.75, 3.05) is 6.07 Å². The molecule has 14 heavy (non-hydrogen) atoms. The Kier molecular flexibility index (Phi) is 3.97. The van der Waals surface area contributed by atoms with Gasteiger partial charge in [-0.3, -0.25) is 0 Å². The third kappa shape index (κ3) is 3.00. The molecule has 1 unspecified atom stereocenters. The minimum absolute atomic E-state index is 0.0567. The first-order valence-electron chi connectivity index (χ1n) is 4.78. The van der Waals surface area contributed by atoms with E-state index in [-0.39, 0.29) is 17.6 Å². The van der Waals surface area contributed by atoms with Gasteiger partial charge in [0.05, 0.1) is 6.10 Å². The van der Waals surface area contributed by atoms with E-state index >= 15 is 0 Å². The maximum Gasteiger partial charge on any atom is 0.121 e. The fourth-order valence-corrected chi connectivity index (χ4v) is 1.66. The van der Waals surface area contributed by atoms with E-state index < -0.39 is 0 Å². The molecule has 2 heteroatoms. The lowest BCUT2D eigenvalue weighted by molar-refractivity contribution is 0.00409. The highest BCUT2D eigenvalue weighted by atomic mass is 35.5. The van der Waals surface area contributed by atoms with Gasteiger partial charge in [-0.25, -0.2) is 0 Å². The summed E-state index contributed by atoms with van der Waals surface area (Å²) in [6, 6.07) is 10.4. The first-order chi connectivity index (χ1) is 6.55. The van der Waals surface area contributed by atoms with Gasteiger partial charge in [0.15, 0.2) is 0 Å². The summed E-state index contributed by atoms with van der Waals surface area (Å²) in [5, 5.41) is 0. The maximum atomic E-state index is 5.63. The van der Waals surface area contributed by atoms with Crippen LogP contribution in [0.3, 0.4) is 0 Å². The van der Waals surface area contributed by atoms with Crippen LogP contribution in [-0.4, -0.2) is 6.07 Å². The number of halogens is 1. The molecule has 1 aromatic rings. The second kappa shape index (κ2) is 4.81. The van der Waals surface area contributed by atoms with E-state index in [0.29, 0.717) is 0 Å². The molecule has 0 spiro atoms. The molecule has 1 atom stereocenters. The number of ether oxygens (including phenoxy) is 1. The normalized spacial score (nSPS) is 14.0. The topological polar surface area (TPSA) is 9.23 Å². The lowest BCUT2D eigenvalue weighted by Crippen LogP contribution is -2.20. The number of alkyl halides is 1. The van der Waals surface area contributed by atoms with Gasteiger partial charge < -0.3 is 4.74 Å². The molecular formula is C12H17ClO. The quantitative estimate of drug-likeness (QED) is 0.689. The fraction of sp³-hybridized carbons (Fsp3) is 0.500. The molecule has 0 fully saturated rings. The monoisotopic (exact) mass is 212 g/mol. The SMILES string of the molecule is CC(C)(C)C(OCCl)c1ccccc1. The van der Waals surface area contributed by atoms with Gasteiger partial charge in [-0.2, -0.15) is 0 Å². The van der Waals surface area contributed by atoms with E-state index in [1.807, 2.05) is 18.2 Å². The number of hydrogen-bond acceptors (Lipinski definition) is 1. The lowest BCUT2D eigenvalue weighted by atomic mass is 9.85. The van der Waals surface area contributed by atoms with Gasteiger partial charge in [0.1, 0.15) is 6.07 Å². The van der Waals surface area contributed by atoms with E-state index in [1.54, 1.807) is 0 Å². The van der Waals surface area contributed by atoms with Gasteiger partial charge in [-0.1, -0.05) is 62.7 Å². The van der Waals surface area contributed by atoms with Gasteiger partial charge in [0.2, 0.25) is 0 Å². The Labute approximate surface area is 91.0 Å². The minimum atomic E-state index is 0.0567. The molecule has 0 amide bonds.